The Kier molecular flexibility index (Phi) is 4.34. The standard InChI is InChI=1S/C15H23N3/c1-4-6-7-8-12(5-2)14-17-13-11(3)9-10-16-15(13)18-14/h9-10,12H,4-8H2,1-3H3,(H,16,17,18). The molecule has 0 fully saturated rings. The molecule has 2 rings (SSSR count). The van der Waals surface area contributed by atoms with Gasteiger partial charge in [-0.3, -0.25) is 0 Å². The molecule has 0 saturated heterocycles. The third-order valence-electron chi connectivity index (χ3n) is 3.65. The van der Waals surface area contributed by atoms with Gasteiger partial charge in [-0.15, -0.1) is 0 Å². The third-order valence-corrected chi connectivity index (χ3v) is 3.65. The molecule has 1 atom stereocenters. The minimum Gasteiger partial charge on any atom is -0.340 e. The van der Waals surface area contributed by atoms with Crippen LogP contribution in [0.4, 0.5) is 0 Å². The van der Waals surface area contributed by atoms with Crippen LogP contribution in [0.5, 0.6) is 0 Å². The smallest absolute Gasteiger partial charge is 0.177 e. The van der Waals surface area contributed by atoms with Crippen LogP contribution in [0.2, 0.25) is 0 Å². The first-order chi connectivity index (χ1) is 8.76. The Morgan fingerprint density at radius 1 is 1.28 bits per heavy atom. The number of aryl methyl sites for hydroxylation is 1. The fourth-order valence-corrected chi connectivity index (χ4v) is 2.42. The molecule has 2 heterocycles. The molecule has 1 unspecified atom stereocenters. The van der Waals surface area contributed by atoms with Gasteiger partial charge in [0.15, 0.2) is 5.65 Å². The molecule has 0 spiro atoms. The molecule has 98 valence electrons. The maximum Gasteiger partial charge on any atom is 0.177 e. The first kappa shape index (κ1) is 13.1. The summed E-state index contributed by atoms with van der Waals surface area (Å²) in [5.41, 5.74) is 3.18. The normalized spacial score (nSPS) is 13.1. The van der Waals surface area contributed by atoms with Crippen molar-refractivity contribution in [3.05, 3.63) is 23.7 Å². The summed E-state index contributed by atoms with van der Waals surface area (Å²) in [5.74, 6) is 1.66. The summed E-state index contributed by atoms with van der Waals surface area (Å²) in [7, 11) is 0. The predicted octanol–water partition coefficient (Wildman–Crippen LogP) is 4.34. The fourth-order valence-electron chi connectivity index (χ4n) is 2.42. The fraction of sp³-hybridized carbons (Fsp3) is 0.600. The lowest BCUT2D eigenvalue weighted by atomic mass is 9.98. The molecule has 0 aliphatic carbocycles. The summed E-state index contributed by atoms with van der Waals surface area (Å²) >= 11 is 0. The van der Waals surface area contributed by atoms with E-state index in [2.05, 4.69) is 35.7 Å². The highest BCUT2D eigenvalue weighted by Crippen LogP contribution is 2.25. The van der Waals surface area contributed by atoms with Crippen molar-refractivity contribution in [2.24, 2.45) is 0 Å². The molecule has 0 aliphatic rings. The van der Waals surface area contributed by atoms with Crippen LogP contribution in [0.1, 0.15) is 63.3 Å². The second-order valence-corrected chi connectivity index (χ2v) is 5.05. The lowest BCUT2D eigenvalue weighted by molar-refractivity contribution is 0.535. The van der Waals surface area contributed by atoms with Gasteiger partial charge in [-0.05, 0) is 31.4 Å². The Hall–Kier alpha value is -1.38. The van der Waals surface area contributed by atoms with Crippen molar-refractivity contribution in [2.45, 2.75) is 58.8 Å². The highest BCUT2D eigenvalue weighted by atomic mass is 15.0. The van der Waals surface area contributed by atoms with Gasteiger partial charge in [0.1, 0.15) is 5.82 Å². The van der Waals surface area contributed by atoms with Gasteiger partial charge in [0.2, 0.25) is 0 Å². The first-order valence-corrected chi connectivity index (χ1v) is 7.07. The zero-order chi connectivity index (χ0) is 13.0. The van der Waals surface area contributed by atoms with Crippen molar-refractivity contribution in [1.82, 2.24) is 15.0 Å². The van der Waals surface area contributed by atoms with Crippen molar-refractivity contribution in [3.63, 3.8) is 0 Å². The Labute approximate surface area is 109 Å². The number of H-pyrrole nitrogens is 1. The van der Waals surface area contributed by atoms with E-state index in [1.165, 1.54) is 31.2 Å². The molecule has 0 bridgehead atoms. The topological polar surface area (TPSA) is 41.6 Å². The zero-order valence-corrected chi connectivity index (χ0v) is 11.7. The van der Waals surface area contributed by atoms with Gasteiger partial charge in [-0.25, -0.2) is 9.97 Å². The third kappa shape index (κ3) is 2.71. The van der Waals surface area contributed by atoms with E-state index >= 15 is 0 Å². The lowest BCUT2D eigenvalue weighted by Gasteiger charge is -2.11. The molecule has 1 N–H and O–H groups in total. The van der Waals surface area contributed by atoms with Crippen molar-refractivity contribution in [1.29, 1.82) is 0 Å². The highest BCUT2D eigenvalue weighted by molar-refractivity contribution is 5.74. The number of fused-ring (bicyclic) bond motifs is 1. The van der Waals surface area contributed by atoms with Gasteiger partial charge < -0.3 is 4.98 Å². The van der Waals surface area contributed by atoms with Crippen LogP contribution in [-0.4, -0.2) is 15.0 Å². The van der Waals surface area contributed by atoms with E-state index in [0.717, 1.165) is 23.4 Å². The van der Waals surface area contributed by atoms with E-state index in [1.54, 1.807) is 0 Å². The highest BCUT2D eigenvalue weighted by Gasteiger charge is 2.14. The molecule has 3 heteroatoms. The Morgan fingerprint density at radius 2 is 2.11 bits per heavy atom. The second kappa shape index (κ2) is 5.98. The summed E-state index contributed by atoms with van der Waals surface area (Å²) in [6.07, 6.45) is 8.08. The van der Waals surface area contributed by atoms with Crippen molar-refractivity contribution in [3.8, 4) is 0 Å². The number of nitrogens with one attached hydrogen (secondary N) is 1. The molecular formula is C15H23N3. The summed E-state index contributed by atoms with van der Waals surface area (Å²) in [4.78, 5) is 12.5. The quantitative estimate of drug-likeness (QED) is 0.769. The number of pyridine rings is 1. The minimum absolute atomic E-state index is 0.546. The van der Waals surface area contributed by atoms with Gasteiger partial charge in [0.25, 0.3) is 0 Å². The van der Waals surface area contributed by atoms with Crippen molar-refractivity contribution in [2.75, 3.05) is 0 Å². The van der Waals surface area contributed by atoms with Crippen LogP contribution < -0.4 is 0 Å². The number of aromatic nitrogens is 3. The first-order valence-electron chi connectivity index (χ1n) is 7.07. The molecule has 2 aromatic heterocycles. The monoisotopic (exact) mass is 245 g/mol. The maximum atomic E-state index is 4.66. The molecule has 3 nitrogen and oxygen atoms in total. The van der Waals surface area contributed by atoms with Crippen LogP contribution in [-0.2, 0) is 0 Å². The summed E-state index contributed by atoms with van der Waals surface area (Å²) < 4.78 is 0. The lowest BCUT2D eigenvalue weighted by Crippen LogP contribution is -2.00. The van der Waals surface area contributed by atoms with E-state index < -0.39 is 0 Å². The van der Waals surface area contributed by atoms with Gasteiger partial charge in [-0.2, -0.15) is 0 Å². The number of hydrogen-bond donors (Lipinski definition) is 1. The van der Waals surface area contributed by atoms with Crippen LogP contribution in [0.3, 0.4) is 0 Å². The Morgan fingerprint density at radius 3 is 2.78 bits per heavy atom. The van der Waals surface area contributed by atoms with Crippen molar-refractivity contribution < 1.29 is 0 Å². The van der Waals surface area contributed by atoms with E-state index in [9.17, 15) is 0 Å². The largest absolute Gasteiger partial charge is 0.340 e. The van der Waals surface area contributed by atoms with E-state index in [0.29, 0.717) is 5.92 Å². The van der Waals surface area contributed by atoms with Gasteiger partial charge in [0.05, 0.1) is 5.52 Å². The molecule has 0 aromatic carbocycles. The van der Waals surface area contributed by atoms with Crippen LogP contribution >= 0.6 is 0 Å². The molecule has 0 saturated carbocycles. The second-order valence-electron chi connectivity index (χ2n) is 5.05. The Bertz CT molecular complexity index is 501. The number of imidazole rings is 1. The molecule has 18 heavy (non-hydrogen) atoms. The number of hydrogen-bond acceptors (Lipinski definition) is 2. The summed E-state index contributed by atoms with van der Waals surface area (Å²) in [6, 6.07) is 2.03. The van der Waals surface area contributed by atoms with Gasteiger partial charge >= 0.3 is 0 Å². The summed E-state index contributed by atoms with van der Waals surface area (Å²) in [5, 5.41) is 0. The number of aromatic amines is 1. The van der Waals surface area contributed by atoms with Gasteiger partial charge in [0, 0.05) is 12.1 Å². The summed E-state index contributed by atoms with van der Waals surface area (Å²) in [6.45, 7) is 6.59. The number of rotatable bonds is 6. The molecular weight excluding hydrogens is 222 g/mol. The molecule has 0 amide bonds. The van der Waals surface area contributed by atoms with Crippen molar-refractivity contribution >= 4 is 11.2 Å². The Balaban J connectivity index is 2.20. The number of unbranched alkanes of at least 4 members (excludes halogenated alkanes) is 2. The van der Waals surface area contributed by atoms with E-state index in [-0.39, 0.29) is 0 Å². The zero-order valence-electron chi connectivity index (χ0n) is 11.7. The molecule has 0 aliphatic heterocycles. The number of nitrogens with zero attached hydrogens (tertiary/aromatic N) is 2. The van der Waals surface area contributed by atoms with Crippen LogP contribution in [0.15, 0.2) is 12.3 Å². The SMILES string of the molecule is CCCCCC(CC)c1nc2nccc(C)c2[nH]1. The van der Waals surface area contributed by atoms with Crippen LogP contribution in [0.25, 0.3) is 11.2 Å². The van der Waals surface area contributed by atoms with Crippen LogP contribution in [0, 0.1) is 6.92 Å². The minimum atomic E-state index is 0.546. The average Bonchev–Trinajstić information content (AvgIpc) is 2.80. The van der Waals surface area contributed by atoms with Gasteiger partial charge in [-0.1, -0.05) is 33.1 Å². The van der Waals surface area contributed by atoms with E-state index in [1.807, 2.05) is 12.3 Å². The average molecular weight is 245 g/mol. The molecule has 0 radical (unpaired) electrons. The molecule has 2 aromatic rings. The van der Waals surface area contributed by atoms with E-state index in [4.69, 9.17) is 0 Å². The maximum absolute atomic E-state index is 4.66. The predicted molar refractivity (Wildman–Crippen MR) is 75.8 cm³/mol.